The van der Waals surface area contributed by atoms with Gasteiger partial charge in [-0.2, -0.15) is 0 Å². The second-order valence-corrected chi connectivity index (χ2v) is 16.0. The molecule has 1 aliphatic rings. The van der Waals surface area contributed by atoms with Crippen LogP contribution < -0.4 is 4.90 Å². The number of hydrogen-bond donors (Lipinski definition) is 0. The Bertz CT molecular complexity index is 3460. The lowest BCUT2D eigenvalue weighted by atomic mass is 9.82. The summed E-state index contributed by atoms with van der Waals surface area (Å²) < 4.78 is 6.66. The van der Waals surface area contributed by atoms with Gasteiger partial charge in [0.05, 0.1) is 5.69 Å². The first-order valence-electron chi connectivity index (χ1n) is 19.8. The maximum absolute atomic E-state index is 6.66. The minimum atomic E-state index is -0.155. The number of rotatable bonds is 4. The minimum absolute atomic E-state index is 0.155. The van der Waals surface area contributed by atoms with Crippen molar-refractivity contribution in [1.82, 2.24) is 0 Å². The molecule has 2 nitrogen and oxygen atoms in total. The van der Waals surface area contributed by atoms with Gasteiger partial charge in [-0.3, -0.25) is 0 Å². The Morgan fingerprint density at radius 2 is 0.982 bits per heavy atom. The van der Waals surface area contributed by atoms with Crippen LogP contribution in [-0.4, -0.2) is 0 Å². The Kier molecular flexibility index (Phi) is 6.72. The molecule has 0 N–H and O–H groups in total. The molecule has 0 bridgehead atoms. The Labute approximate surface area is 330 Å². The Morgan fingerprint density at radius 3 is 1.84 bits per heavy atom. The lowest BCUT2D eigenvalue weighted by Crippen LogP contribution is -2.17. The normalized spacial score (nSPS) is 13.2. The fraction of sp³-hybridized carbons (Fsp3) is 0.0545. The van der Waals surface area contributed by atoms with Gasteiger partial charge < -0.3 is 9.32 Å². The van der Waals surface area contributed by atoms with Crippen LogP contribution in [0.1, 0.15) is 25.0 Å². The third-order valence-corrected chi connectivity index (χ3v) is 12.6. The van der Waals surface area contributed by atoms with Crippen molar-refractivity contribution in [2.75, 3.05) is 4.90 Å². The van der Waals surface area contributed by atoms with Crippen LogP contribution in [0, 0.1) is 0 Å². The largest absolute Gasteiger partial charge is 0.456 e. The van der Waals surface area contributed by atoms with E-state index in [1.807, 2.05) is 0 Å². The van der Waals surface area contributed by atoms with Crippen LogP contribution in [0.2, 0.25) is 0 Å². The summed E-state index contributed by atoms with van der Waals surface area (Å²) in [5.74, 6) is 0. The van der Waals surface area contributed by atoms with Gasteiger partial charge in [-0.25, -0.2) is 0 Å². The maximum atomic E-state index is 6.66. The van der Waals surface area contributed by atoms with Gasteiger partial charge in [0.1, 0.15) is 11.2 Å². The quantitative estimate of drug-likeness (QED) is 0.168. The zero-order chi connectivity index (χ0) is 37.8. The summed E-state index contributed by atoms with van der Waals surface area (Å²) in [6.07, 6.45) is 0. The Hall–Kier alpha value is -7.16. The van der Waals surface area contributed by atoms with Gasteiger partial charge in [-0.05, 0) is 119 Å². The molecule has 0 aliphatic heterocycles. The van der Waals surface area contributed by atoms with Crippen molar-refractivity contribution in [3.8, 4) is 22.3 Å². The van der Waals surface area contributed by atoms with Crippen molar-refractivity contribution in [2.45, 2.75) is 19.3 Å². The van der Waals surface area contributed by atoms with Crippen molar-refractivity contribution >= 4 is 82.1 Å². The highest BCUT2D eigenvalue weighted by Crippen LogP contribution is 2.53. The lowest BCUT2D eigenvalue weighted by Gasteiger charge is -2.30. The first kappa shape index (κ1) is 32.1. The van der Waals surface area contributed by atoms with Crippen molar-refractivity contribution in [1.29, 1.82) is 0 Å². The minimum Gasteiger partial charge on any atom is -0.456 e. The number of anilines is 3. The van der Waals surface area contributed by atoms with E-state index in [2.05, 4.69) is 207 Å². The molecule has 0 radical (unpaired) electrons. The van der Waals surface area contributed by atoms with E-state index >= 15 is 0 Å². The van der Waals surface area contributed by atoms with Crippen LogP contribution in [0.4, 0.5) is 17.1 Å². The average Bonchev–Trinajstić information content (AvgIpc) is 3.75. The monoisotopic (exact) mass is 727 g/mol. The standard InChI is InChI=1S/C55H37NO/c1-55(2)48-21-11-9-19-44(48)45-28-26-38(33-49(45)55)56(37-25-27-41-36(31-37)24-23-34-13-3-5-15-39(34)41)50-29-30-52-54(46-20-10-12-22-51(46)57-52)53(50)47-32-35-14-4-6-16-40(35)42-17-7-8-18-43(42)47/h3-33H,1-2H3. The molecule has 11 aromatic rings. The van der Waals surface area contributed by atoms with Gasteiger partial charge in [0, 0.05) is 33.1 Å². The lowest BCUT2D eigenvalue weighted by molar-refractivity contribution is 0.660. The summed E-state index contributed by atoms with van der Waals surface area (Å²) in [6, 6.07) is 69.1. The number of furan rings is 1. The van der Waals surface area contributed by atoms with Crippen LogP contribution in [0.3, 0.4) is 0 Å². The number of fused-ring (bicyclic) bond motifs is 12. The number of benzene rings is 10. The van der Waals surface area contributed by atoms with Crippen LogP contribution >= 0.6 is 0 Å². The molecule has 0 atom stereocenters. The first-order chi connectivity index (χ1) is 28.0. The molecule has 0 amide bonds. The van der Waals surface area contributed by atoms with E-state index < -0.39 is 0 Å². The molecule has 0 unspecified atom stereocenters. The highest BCUT2D eigenvalue weighted by molar-refractivity contribution is 6.23. The highest BCUT2D eigenvalue weighted by Gasteiger charge is 2.36. The first-order valence-corrected chi connectivity index (χ1v) is 19.8. The van der Waals surface area contributed by atoms with Crippen molar-refractivity contribution < 1.29 is 4.42 Å². The summed E-state index contributed by atoms with van der Waals surface area (Å²) >= 11 is 0. The molecule has 57 heavy (non-hydrogen) atoms. The molecule has 1 aromatic heterocycles. The Morgan fingerprint density at radius 1 is 0.386 bits per heavy atom. The average molecular weight is 728 g/mol. The molecule has 2 heteroatoms. The molecular formula is C55H37NO. The third kappa shape index (κ3) is 4.65. The van der Waals surface area contributed by atoms with E-state index in [-0.39, 0.29) is 5.41 Å². The fourth-order valence-electron chi connectivity index (χ4n) is 9.92. The summed E-state index contributed by atoms with van der Waals surface area (Å²) in [5, 5.41) is 12.1. The summed E-state index contributed by atoms with van der Waals surface area (Å²) in [7, 11) is 0. The van der Waals surface area contributed by atoms with Crippen LogP contribution in [-0.2, 0) is 5.41 Å². The topological polar surface area (TPSA) is 16.4 Å². The third-order valence-electron chi connectivity index (χ3n) is 12.6. The van der Waals surface area contributed by atoms with Gasteiger partial charge in [0.25, 0.3) is 0 Å². The van der Waals surface area contributed by atoms with E-state index in [1.54, 1.807) is 0 Å². The van der Waals surface area contributed by atoms with E-state index in [1.165, 1.54) is 70.9 Å². The van der Waals surface area contributed by atoms with Gasteiger partial charge in [0.15, 0.2) is 0 Å². The second kappa shape index (κ2) is 11.9. The van der Waals surface area contributed by atoms with Crippen molar-refractivity contribution in [3.05, 3.63) is 199 Å². The van der Waals surface area contributed by atoms with Crippen LogP contribution in [0.25, 0.3) is 87.3 Å². The van der Waals surface area contributed by atoms with E-state index in [0.29, 0.717) is 0 Å². The van der Waals surface area contributed by atoms with E-state index in [0.717, 1.165) is 44.6 Å². The molecule has 1 aliphatic carbocycles. The maximum Gasteiger partial charge on any atom is 0.136 e. The molecule has 0 spiro atoms. The molecular weight excluding hydrogens is 691 g/mol. The number of hydrogen-bond acceptors (Lipinski definition) is 2. The van der Waals surface area contributed by atoms with Gasteiger partial charge >= 0.3 is 0 Å². The number of para-hydroxylation sites is 1. The Balaban J connectivity index is 1.21. The summed E-state index contributed by atoms with van der Waals surface area (Å²) in [5.41, 5.74) is 12.6. The smallest absolute Gasteiger partial charge is 0.136 e. The SMILES string of the molecule is CC1(C)c2ccccc2-c2ccc(N(c3ccc4c(ccc5ccccc54)c3)c3ccc4oc5ccccc5c4c3-c3cc4ccccc4c4ccccc34)cc21. The second-order valence-electron chi connectivity index (χ2n) is 16.0. The van der Waals surface area contributed by atoms with Crippen LogP contribution in [0.15, 0.2) is 192 Å². The summed E-state index contributed by atoms with van der Waals surface area (Å²) in [6.45, 7) is 4.73. The van der Waals surface area contributed by atoms with Gasteiger partial charge in [0.2, 0.25) is 0 Å². The van der Waals surface area contributed by atoms with E-state index in [9.17, 15) is 0 Å². The fourth-order valence-corrected chi connectivity index (χ4v) is 9.92. The predicted molar refractivity (Wildman–Crippen MR) is 241 cm³/mol. The van der Waals surface area contributed by atoms with E-state index in [4.69, 9.17) is 4.42 Å². The molecule has 1 heterocycles. The zero-order valence-corrected chi connectivity index (χ0v) is 31.8. The zero-order valence-electron chi connectivity index (χ0n) is 31.8. The molecule has 0 fully saturated rings. The molecule has 12 rings (SSSR count). The molecule has 10 aromatic carbocycles. The van der Waals surface area contributed by atoms with Crippen LogP contribution in [0.5, 0.6) is 0 Å². The molecule has 0 saturated carbocycles. The van der Waals surface area contributed by atoms with Crippen molar-refractivity contribution in [2.24, 2.45) is 0 Å². The molecule has 268 valence electrons. The van der Waals surface area contributed by atoms with Gasteiger partial charge in [-0.15, -0.1) is 0 Å². The highest BCUT2D eigenvalue weighted by atomic mass is 16.3. The van der Waals surface area contributed by atoms with Gasteiger partial charge in [-0.1, -0.05) is 153 Å². The van der Waals surface area contributed by atoms with Crippen molar-refractivity contribution in [3.63, 3.8) is 0 Å². The molecule has 0 saturated heterocycles. The summed E-state index contributed by atoms with van der Waals surface area (Å²) in [4.78, 5) is 2.49. The number of nitrogens with zero attached hydrogens (tertiary/aromatic N) is 1. The predicted octanol–water partition coefficient (Wildman–Crippen LogP) is 15.6.